The summed E-state index contributed by atoms with van der Waals surface area (Å²) in [5.74, 6) is 5.45. The first-order valence-corrected chi connectivity index (χ1v) is 38.0. The maximum absolute atomic E-state index is 12.7. The highest BCUT2D eigenvalue weighted by Crippen LogP contribution is 2.31. The Hall–Kier alpha value is -0.760. The van der Waals surface area contributed by atoms with E-state index in [1.807, 2.05) is 0 Å². The van der Waals surface area contributed by atoms with Gasteiger partial charge in [0, 0.05) is 90.0 Å². The fourth-order valence-electron chi connectivity index (χ4n) is 13.5. The van der Waals surface area contributed by atoms with Crippen LogP contribution in [0.1, 0.15) is 257 Å². The van der Waals surface area contributed by atoms with Crippen LogP contribution in [0.4, 0.5) is 0 Å². The second-order valence-corrected chi connectivity index (χ2v) is 29.1. The van der Waals surface area contributed by atoms with Crippen molar-refractivity contribution < 1.29 is 49.0 Å². The molecule has 0 bridgehead atoms. The van der Waals surface area contributed by atoms with Crippen molar-refractivity contribution in [2.24, 2.45) is 23.7 Å². The van der Waals surface area contributed by atoms with Crippen LogP contribution in [-0.2, 0) is 28.5 Å². The number of unbranched alkanes of at least 4 members (excludes halogenated alkanes) is 6. The van der Waals surface area contributed by atoms with Crippen LogP contribution < -0.4 is 10.6 Å². The summed E-state index contributed by atoms with van der Waals surface area (Å²) in [4.78, 5) is 29.6. The highest BCUT2D eigenvalue weighted by atomic mass is 33.1. The van der Waals surface area contributed by atoms with E-state index < -0.39 is 24.4 Å². The average Bonchev–Trinajstić information content (AvgIpc) is 3.50. The molecule has 0 aromatic rings. The van der Waals surface area contributed by atoms with Gasteiger partial charge in [0.2, 0.25) is 11.8 Å². The third kappa shape index (κ3) is 43.0. The van der Waals surface area contributed by atoms with Crippen LogP contribution in [-0.4, -0.2) is 183 Å². The van der Waals surface area contributed by atoms with Crippen LogP contribution in [0.3, 0.4) is 0 Å². The van der Waals surface area contributed by atoms with Crippen molar-refractivity contribution in [1.82, 2.24) is 20.4 Å². The van der Waals surface area contributed by atoms with Crippen molar-refractivity contribution in [3.05, 3.63) is 0 Å². The van der Waals surface area contributed by atoms with Crippen LogP contribution in [0.2, 0.25) is 0 Å². The molecule has 4 aliphatic rings. The molecule has 4 aliphatic carbocycles. The van der Waals surface area contributed by atoms with Crippen LogP contribution in [0.5, 0.6) is 0 Å². The topological polar surface area (TPSA) is 183 Å². The smallest absolute Gasteiger partial charge is 0.220 e. The first-order valence-electron chi connectivity index (χ1n) is 35.5. The Morgan fingerprint density at radius 3 is 0.917 bits per heavy atom. The van der Waals surface area contributed by atoms with Gasteiger partial charge >= 0.3 is 0 Å². The Morgan fingerprint density at radius 1 is 0.369 bits per heavy atom. The number of nitrogens with zero attached hydrogens (tertiary/aromatic N) is 2. The number of aliphatic hydroxyl groups is 4. The molecule has 84 heavy (non-hydrogen) atoms. The summed E-state index contributed by atoms with van der Waals surface area (Å²) in [6.07, 6.45) is 45.2. The van der Waals surface area contributed by atoms with E-state index >= 15 is 0 Å². The quantitative estimate of drug-likeness (QED) is 0.0250. The molecule has 4 unspecified atom stereocenters. The number of carbonyl (C=O) groups excluding carboxylic acids is 2. The van der Waals surface area contributed by atoms with Crippen LogP contribution in [0, 0.1) is 23.7 Å². The molecule has 4 fully saturated rings. The fourth-order valence-corrected chi connectivity index (χ4v) is 15.7. The molecule has 4 saturated carbocycles. The van der Waals surface area contributed by atoms with Crippen molar-refractivity contribution in [2.75, 3.05) is 117 Å². The van der Waals surface area contributed by atoms with Crippen LogP contribution in [0.15, 0.2) is 0 Å². The van der Waals surface area contributed by atoms with E-state index in [1.165, 1.54) is 180 Å². The molecule has 0 heterocycles. The Kier molecular flexibility index (Phi) is 47.7. The molecule has 4 atom stereocenters. The number of carbonyl (C=O) groups is 2. The van der Waals surface area contributed by atoms with Gasteiger partial charge < -0.3 is 50.0 Å². The summed E-state index contributed by atoms with van der Waals surface area (Å²) in [5, 5.41) is 50.0. The maximum Gasteiger partial charge on any atom is 0.220 e. The number of amides is 2. The summed E-state index contributed by atoms with van der Waals surface area (Å²) < 4.78 is 23.6. The summed E-state index contributed by atoms with van der Waals surface area (Å²) in [5.41, 5.74) is 0. The number of hydrogen-bond donors (Lipinski definition) is 6. The van der Waals surface area contributed by atoms with Crippen LogP contribution >= 0.6 is 21.6 Å². The molecule has 14 nitrogen and oxygen atoms in total. The van der Waals surface area contributed by atoms with Gasteiger partial charge in [-0.1, -0.05) is 201 Å². The molecule has 0 radical (unpaired) electrons. The zero-order valence-corrected chi connectivity index (χ0v) is 55.2. The third-order valence-electron chi connectivity index (χ3n) is 18.4. The van der Waals surface area contributed by atoms with E-state index in [0.717, 1.165) is 99.4 Å². The Balaban J connectivity index is 0.996. The summed E-state index contributed by atoms with van der Waals surface area (Å²) in [6, 6.07) is 0. The summed E-state index contributed by atoms with van der Waals surface area (Å²) in [7, 11) is 3.52. The van der Waals surface area contributed by atoms with Gasteiger partial charge in [-0.15, -0.1) is 0 Å². The normalized spacial score (nSPS) is 18.6. The lowest BCUT2D eigenvalue weighted by Gasteiger charge is -2.27. The minimum absolute atomic E-state index is 0.0694. The van der Waals surface area contributed by atoms with E-state index in [1.54, 1.807) is 21.6 Å². The molecule has 16 heteroatoms. The molecular formula is C68H130N4O10S2. The molecule has 0 spiro atoms. The van der Waals surface area contributed by atoms with Crippen molar-refractivity contribution in [2.45, 2.75) is 281 Å². The van der Waals surface area contributed by atoms with Crippen LogP contribution in [0.25, 0.3) is 0 Å². The third-order valence-corrected chi connectivity index (χ3v) is 21.0. The lowest BCUT2D eigenvalue weighted by atomic mass is 9.86. The first kappa shape index (κ1) is 75.7. The maximum atomic E-state index is 12.7. The number of nitrogens with one attached hydrogen (secondary N) is 2. The molecule has 0 aromatic carbocycles. The molecule has 0 saturated heterocycles. The van der Waals surface area contributed by atoms with E-state index in [0.29, 0.717) is 118 Å². The SMILES string of the molecule is O=C(CCCSSCCCC(=O)NCCCCN(CC(O)COCCCCC1CCCCC1)CC(O)COCCCCC1CCCCC1)NCCCCN(CC(O)COCCCCC1CCCCC1)CC(O)COCCCCC1CCCCC1. The molecule has 6 N–H and O–H groups in total. The number of rotatable bonds is 55. The summed E-state index contributed by atoms with van der Waals surface area (Å²) >= 11 is 0. The Bertz CT molecular complexity index is 1320. The van der Waals surface area contributed by atoms with Gasteiger partial charge in [-0.3, -0.25) is 19.4 Å². The van der Waals surface area contributed by atoms with Gasteiger partial charge in [0.1, 0.15) is 0 Å². The minimum Gasteiger partial charge on any atom is -0.389 e. The molecule has 0 aromatic heterocycles. The molecule has 2 amide bonds. The number of ether oxygens (including phenoxy) is 4. The number of aliphatic hydroxyl groups excluding tert-OH is 4. The van der Waals surface area contributed by atoms with Crippen molar-refractivity contribution in [3.63, 3.8) is 0 Å². The lowest BCUT2D eigenvalue weighted by Crippen LogP contribution is -2.41. The second-order valence-electron chi connectivity index (χ2n) is 26.4. The van der Waals surface area contributed by atoms with E-state index in [-0.39, 0.29) is 11.8 Å². The standard InChI is InChI=1S/C68H130N4O10S2/c73-63(55-79-45-21-13-35-59-27-5-1-6-28-59)51-71(52-64(74)56-80-46-22-14-36-60-29-7-2-8-30-60)43-19-17-41-69-67(77)39-25-49-83-84-50-26-40-68(78)70-42-18-20-44-72(53-65(75)57-81-47-23-15-37-61-31-9-3-10-32-61)54-66(76)58-82-48-24-16-38-62-33-11-4-12-34-62/h59-66,73-76H,1-58H2,(H,69,77)(H,70,78). The molecule has 494 valence electrons. The van der Waals surface area contributed by atoms with Gasteiger partial charge in [0.05, 0.1) is 50.8 Å². The Morgan fingerprint density at radius 2 is 0.643 bits per heavy atom. The van der Waals surface area contributed by atoms with E-state index in [4.69, 9.17) is 18.9 Å². The predicted octanol–water partition coefficient (Wildman–Crippen LogP) is 12.8. The predicted molar refractivity (Wildman–Crippen MR) is 350 cm³/mol. The fraction of sp³-hybridized carbons (Fsp3) is 0.971. The van der Waals surface area contributed by atoms with Gasteiger partial charge in [0.25, 0.3) is 0 Å². The number of hydrogen-bond acceptors (Lipinski definition) is 14. The highest BCUT2D eigenvalue weighted by Gasteiger charge is 2.21. The van der Waals surface area contributed by atoms with Crippen molar-refractivity contribution in [3.8, 4) is 0 Å². The van der Waals surface area contributed by atoms with Gasteiger partial charge in [0.15, 0.2) is 0 Å². The van der Waals surface area contributed by atoms with Gasteiger partial charge in [-0.05, 0) is 101 Å². The average molecular weight is 1230 g/mol. The monoisotopic (exact) mass is 1230 g/mol. The van der Waals surface area contributed by atoms with Gasteiger partial charge in [-0.2, -0.15) is 0 Å². The molecule has 4 rings (SSSR count). The molecule has 0 aliphatic heterocycles. The Labute approximate surface area is 521 Å². The second kappa shape index (κ2) is 53.0. The highest BCUT2D eigenvalue weighted by molar-refractivity contribution is 8.76. The van der Waals surface area contributed by atoms with Gasteiger partial charge in [-0.25, -0.2) is 0 Å². The van der Waals surface area contributed by atoms with Crippen molar-refractivity contribution >= 4 is 33.4 Å². The first-order chi connectivity index (χ1) is 41.2. The lowest BCUT2D eigenvalue weighted by molar-refractivity contribution is -0.121. The van der Waals surface area contributed by atoms with E-state index in [2.05, 4.69) is 20.4 Å². The zero-order valence-electron chi connectivity index (χ0n) is 53.6. The van der Waals surface area contributed by atoms with E-state index in [9.17, 15) is 30.0 Å². The van der Waals surface area contributed by atoms with Crippen molar-refractivity contribution in [1.29, 1.82) is 0 Å². The molecular weight excluding hydrogens is 1100 g/mol. The minimum atomic E-state index is -0.627. The zero-order chi connectivity index (χ0) is 59.6. The summed E-state index contributed by atoms with van der Waals surface area (Å²) in [6.45, 7) is 8.30. The largest absolute Gasteiger partial charge is 0.389 e.